The number of ether oxygens (including phenoxy) is 1. The molecule has 0 unspecified atom stereocenters. The minimum absolute atomic E-state index is 0.113. The first-order chi connectivity index (χ1) is 16.4. The number of carbonyl (C=O) groups excluding carboxylic acids is 1. The van der Waals surface area contributed by atoms with Crippen LogP contribution in [0.1, 0.15) is 41.4 Å². The van der Waals surface area contributed by atoms with Gasteiger partial charge in [-0.3, -0.25) is 9.48 Å². The van der Waals surface area contributed by atoms with Gasteiger partial charge in [0.05, 0.1) is 19.3 Å². The molecule has 0 saturated heterocycles. The lowest BCUT2D eigenvalue weighted by atomic mass is 10.0. The molecule has 4 rings (SSSR count). The number of amides is 1. The van der Waals surface area contributed by atoms with Crippen molar-refractivity contribution in [3.8, 4) is 16.9 Å². The highest BCUT2D eigenvalue weighted by atomic mass is 16.5. The largest absolute Gasteiger partial charge is 0.497 e. The Labute approximate surface area is 200 Å². The summed E-state index contributed by atoms with van der Waals surface area (Å²) in [5, 5.41) is 7.42. The molecule has 7 heteroatoms. The van der Waals surface area contributed by atoms with Gasteiger partial charge in [-0.05, 0) is 67.8 Å². The fourth-order valence-electron chi connectivity index (χ4n) is 3.90. The number of carbonyl (C=O) groups is 1. The molecule has 1 aromatic heterocycles. The standard InChI is InChI=1S/C27H31N5O2/c1-6-31-9-11-32(12-10-31)24-8-7-19(2)26(16-24)27(33)29-20(3)21-13-22(15-25(14-21)34-5)23-17-28-30(4)18-23/h7-18,20H,6H2,1-5H3,(H,29,33)/t20-/m1/s1. The normalized spacial score (nSPS) is 13.8. The zero-order valence-electron chi connectivity index (χ0n) is 20.3. The summed E-state index contributed by atoms with van der Waals surface area (Å²) in [6.45, 7) is 6.94. The first-order valence-corrected chi connectivity index (χ1v) is 11.4. The van der Waals surface area contributed by atoms with Gasteiger partial charge in [0.2, 0.25) is 0 Å². The number of methoxy groups -OCH3 is 1. The lowest BCUT2D eigenvalue weighted by Crippen LogP contribution is -2.27. The maximum absolute atomic E-state index is 13.3. The first kappa shape index (κ1) is 23.2. The molecule has 1 atom stereocenters. The monoisotopic (exact) mass is 457 g/mol. The number of aryl methyl sites for hydroxylation is 2. The summed E-state index contributed by atoms with van der Waals surface area (Å²) in [6.07, 6.45) is 11.8. The van der Waals surface area contributed by atoms with E-state index < -0.39 is 0 Å². The van der Waals surface area contributed by atoms with Crippen molar-refractivity contribution in [1.29, 1.82) is 0 Å². The van der Waals surface area contributed by atoms with Crippen molar-refractivity contribution in [3.63, 3.8) is 0 Å². The second kappa shape index (κ2) is 9.87. The zero-order valence-corrected chi connectivity index (χ0v) is 20.3. The number of benzene rings is 2. The molecule has 0 aliphatic carbocycles. The van der Waals surface area contributed by atoms with Crippen LogP contribution in [0.5, 0.6) is 5.75 Å². The minimum atomic E-state index is -0.214. The van der Waals surface area contributed by atoms with E-state index in [2.05, 4.69) is 28.3 Å². The number of nitrogens with zero attached hydrogens (tertiary/aromatic N) is 4. The Morgan fingerprint density at radius 3 is 2.50 bits per heavy atom. The van der Waals surface area contributed by atoms with Gasteiger partial charge < -0.3 is 19.9 Å². The highest BCUT2D eigenvalue weighted by Gasteiger charge is 2.17. The van der Waals surface area contributed by atoms with E-state index in [0.29, 0.717) is 5.56 Å². The van der Waals surface area contributed by atoms with E-state index in [4.69, 9.17) is 4.74 Å². The Balaban J connectivity index is 1.56. The summed E-state index contributed by atoms with van der Waals surface area (Å²) in [6, 6.07) is 11.7. The second-order valence-electron chi connectivity index (χ2n) is 8.43. The molecule has 1 aliphatic rings. The second-order valence-corrected chi connectivity index (χ2v) is 8.43. The van der Waals surface area contributed by atoms with Crippen LogP contribution >= 0.6 is 0 Å². The Morgan fingerprint density at radius 1 is 1.09 bits per heavy atom. The smallest absolute Gasteiger partial charge is 0.252 e. The summed E-state index contributed by atoms with van der Waals surface area (Å²) >= 11 is 0. The average molecular weight is 458 g/mol. The Kier molecular flexibility index (Phi) is 6.72. The van der Waals surface area contributed by atoms with Gasteiger partial charge in [-0.15, -0.1) is 0 Å². The van der Waals surface area contributed by atoms with Gasteiger partial charge >= 0.3 is 0 Å². The van der Waals surface area contributed by atoms with E-state index >= 15 is 0 Å². The van der Waals surface area contributed by atoms with Crippen molar-refractivity contribution in [2.45, 2.75) is 26.8 Å². The van der Waals surface area contributed by atoms with Crippen LogP contribution in [0.3, 0.4) is 0 Å². The third kappa shape index (κ3) is 4.98. The van der Waals surface area contributed by atoms with Crippen LogP contribution in [-0.2, 0) is 7.05 Å². The molecule has 0 bridgehead atoms. The predicted octanol–water partition coefficient (Wildman–Crippen LogP) is 4.98. The molecule has 3 aromatic rings. The van der Waals surface area contributed by atoms with Gasteiger partial charge in [0.1, 0.15) is 5.75 Å². The van der Waals surface area contributed by atoms with Crippen molar-refractivity contribution in [3.05, 3.63) is 90.3 Å². The summed E-state index contributed by atoms with van der Waals surface area (Å²) in [5.41, 5.74) is 5.46. The molecule has 2 aromatic carbocycles. The van der Waals surface area contributed by atoms with Gasteiger partial charge in [-0.2, -0.15) is 5.10 Å². The molecule has 34 heavy (non-hydrogen) atoms. The quantitative estimate of drug-likeness (QED) is 0.542. The van der Waals surface area contributed by atoms with Crippen LogP contribution in [-0.4, -0.2) is 34.2 Å². The topological polar surface area (TPSA) is 62.6 Å². The molecular weight excluding hydrogens is 426 g/mol. The molecule has 0 fully saturated rings. The van der Waals surface area contributed by atoms with Crippen LogP contribution in [0.2, 0.25) is 0 Å². The van der Waals surface area contributed by atoms with Crippen LogP contribution in [0.4, 0.5) is 5.69 Å². The predicted molar refractivity (Wildman–Crippen MR) is 135 cm³/mol. The number of aromatic nitrogens is 2. The van der Waals surface area contributed by atoms with E-state index in [1.807, 2.05) is 93.3 Å². The fraction of sp³-hybridized carbons (Fsp3) is 0.259. The van der Waals surface area contributed by atoms with Crippen molar-refractivity contribution >= 4 is 11.6 Å². The summed E-state index contributed by atoms with van der Waals surface area (Å²) in [7, 11) is 3.53. The van der Waals surface area contributed by atoms with Crippen LogP contribution < -0.4 is 15.0 Å². The Bertz CT molecular complexity index is 1230. The van der Waals surface area contributed by atoms with E-state index in [0.717, 1.165) is 40.2 Å². The molecule has 1 aliphatic heterocycles. The van der Waals surface area contributed by atoms with Gasteiger partial charge in [-0.1, -0.05) is 6.07 Å². The SMILES string of the molecule is CCN1C=CN(c2ccc(C)c(C(=O)N[C@H](C)c3cc(OC)cc(-c4cnn(C)c4)c3)c2)C=C1. The molecule has 1 amide bonds. The lowest BCUT2D eigenvalue weighted by molar-refractivity contribution is 0.0939. The van der Waals surface area contributed by atoms with E-state index in [9.17, 15) is 4.79 Å². The van der Waals surface area contributed by atoms with Gasteiger partial charge in [0.15, 0.2) is 0 Å². The van der Waals surface area contributed by atoms with Gasteiger partial charge in [0.25, 0.3) is 5.91 Å². The molecule has 7 nitrogen and oxygen atoms in total. The maximum atomic E-state index is 13.3. The van der Waals surface area contributed by atoms with E-state index in [1.54, 1.807) is 11.8 Å². The number of anilines is 1. The number of nitrogens with one attached hydrogen (secondary N) is 1. The average Bonchev–Trinajstić information content (AvgIpc) is 3.30. The first-order valence-electron chi connectivity index (χ1n) is 11.4. The summed E-state index contributed by atoms with van der Waals surface area (Å²) in [5.74, 6) is 0.623. The summed E-state index contributed by atoms with van der Waals surface area (Å²) < 4.78 is 7.29. The Morgan fingerprint density at radius 2 is 1.85 bits per heavy atom. The highest BCUT2D eigenvalue weighted by molar-refractivity contribution is 5.97. The van der Waals surface area contributed by atoms with Crippen molar-refractivity contribution in [2.75, 3.05) is 18.6 Å². The number of hydrogen-bond acceptors (Lipinski definition) is 5. The molecule has 2 heterocycles. The third-order valence-corrected chi connectivity index (χ3v) is 6.02. The molecule has 1 N–H and O–H groups in total. The highest BCUT2D eigenvalue weighted by Crippen LogP contribution is 2.29. The van der Waals surface area contributed by atoms with E-state index in [1.165, 1.54) is 0 Å². The Hall–Kier alpha value is -4.00. The number of rotatable bonds is 7. The van der Waals surface area contributed by atoms with Crippen molar-refractivity contribution in [2.24, 2.45) is 7.05 Å². The third-order valence-electron chi connectivity index (χ3n) is 6.02. The van der Waals surface area contributed by atoms with E-state index in [-0.39, 0.29) is 11.9 Å². The molecule has 0 spiro atoms. The maximum Gasteiger partial charge on any atom is 0.252 e. The fourth-order valence-corrected chi connectivity index (χ4v) is 3.90. The van der Waals surface area contributed by atoms with Crippen LogP contribution in [0, 0.1) is 6.92 Å². The molecule has 176 valence electrons. The van der Waals surface area contributed by atoms with Crippen LogP contribution in [0.25, 0.3) is 11.1 Å². The van der Waals surface area contributed by atoms with Crippen molar-refractivity contribution < 1.29 is 9.53 Å². The summed E-state index contributed by atoms with van der Waals surface area (Å²) in [4.78, 5) is 17.4. The number of hydrogen-bond donors (Lipinski definition) is 1. The van der Waals surface area contributed by atoms with Gasteiger partial charge in [0, 0.05) is 61.4 Å². The van der Waals surface area contributed by atoms with Crippen molar-refractivity contribution in [1.82, 2.24) is 20.0 Å². The van der Waals surface area contributed by atoms with Crippen LogP contribution in [0.15, 0.2) is 73.6 Å². The van der Waals surface area contributed by atoms with Gasteiger partial charge in [-0.25, -0.2) is 0 Å². The minimum Gasteiger partial charge on any atom is -0.497 e. The lowest BCUT2D eigenvalue weighted by Gasteiger charge is -2.25. The zero-order chi connectivity index (χ0) is 24.2. The molecule has 0 saturated carbocycles. The molecular formula is C27H31N5O2. The molecule has 0 radical (unpaired) electrons.